The molecule has 0 atom stereocenters. The molecule has 1 aliphatic rings. The first-order valence-corrected chi connectivity index (χ1v) is 6.68. The smallest absolute Gasteiger partial charge is 0.276 e. The number of anilines is 1. The molecule has 1 fully saturated rings. The number of methoxy groups -OCH3 is 1. The van der Waals surface area contributed by atoms with E-state index >= 15 is 0 Å². The lowest BCUT2D eigenvalue weighted by Crippen LogP contribution is -2.35. The van der Waals surface area contributed by atoms with Gasteiger partial charge in [-0.25, -0.2) is 0 Å². The summed E-state index contributed by atoms with van der Waals surface area (Å²) in [7, 11) is 1.57. The molecule has 1 amide bonds. The molecule has 2 rings (SSSR count). The molecule has 7 heteroatoms. The Morgan fingerprint density at radius 2 is 2.35 bits per heavy atom. The Balaban J connectivity index is 2.11. The van der Waals surface area contributed by atoms with Gasteiger partial charge in [-0.3, -0.25) is 9.89 Å². The van der Waals surface area contributed by atoms with Crippen LogP contribution < -0.4 is 5.73 Å². The number of nitrogens with one attached hydrogen (secondary N) is 1. The second-order valence-electron chi connectivity index (χ2n) is 4.87. The fraction of sp³-hybridized carbons (Fsp3) is 0.615. The number of H-pyrrole nitrogens is 1. The molecule has 20 heavy (non-hydrogen) atoms. The van der Waals surface area contributed by atoms with Crippen LogP contribution in [-0.4, -0.2) is 47.8 Å². The van der Waals surface area contributed by atoms with Gasteiger partial charge in [0.25, 0.3) is 5.91 Å². The average molecular weight is 277 g/mol. The molecule has 1 heterocycles. The van der Waals surface area contributed by atoms with Crippen LogP contribution in [0.15, 0.2) is 0 Å². The second-order valence-corrected chi connectivity index (χ2v) is 4.87. The highest BCUT2D eigenvalue weighted by atomic mass is 16.5. The predicted molar refractivity (Wildman–Crippen MR) is 73.0 cm³/mol. The van der Waals surface area contributed by atoms with E-state index in [-0.39, 0.29) is 18.0 Å². The maximum absolute atomic E-state index is 12.4. The van der Waals surface area contributed by atoms with E-state index in [2.05, 4.69) is 10.2 Å². The number of nitrogen functional groups attached to an aromatic ring is 1. The topological polar surface area (TPSA) is 108 Å². The number of rotatable bonds is 7. The van der Waals surface area contributed by atoms with Crippen LogP contribution in [0.1, 0.15) is 41.4 Å². The molecule has 1 aliphatic carbocycles. The monoisotopic (exact) mass is 277 g/mol. The molecule has 0 aliphatic heterocycles. The molecule has 1 aromatic rings. The van der Waals surface area contributed by atoms with Gasteiger partial charge in [0, 0.05) is 26.1 Å². The maximum atomic E-state index is 12.4. The Labute approximate surface area is 117 Å². The zero-order valence-corrected chi connectivity index (χ0v) is 11.6. The van der Waals surface area contributed by atoms with Gasteiger partial charge in [0.1, 0.15) is 0 Å². The number of nitrogens with zero attached hydrogens (tertiary/aromatic N) is 3. The third-order valence-electron chi connectivity index (χ3n) is 3.37. The highest BCUT2D eigenvalue weighted by Gasteiger charge is 2.31. The van der Waals surface area contributed by atoms with E-state index in [1.54, 1.807) is 12.0 Å². The fourth-order valence-electron chi connectivity index (χ4n) is 2.06. The molecule has 1 aromatic heterocycles. The number of carbonyl (C=O) groups is 1. The van der Waals surface area contributed by atoms with E-state index < -0.39 is 0 Å². The molecular weight excluding hydrogens is 258 g/mol. The molecule has 108 valence electrons. The number of amides is 1. The number of ether oxygens (including phenoxy) is 1. The third-order valence-corrected chi connectivity index (χ3v) is 3.37. The quantitative estimate of drug-likeness (QED) is 0.768. The molecule has 3 N–H and O–H groups in total. The summed E-state index contributed by atoms with van der Waals surface area (Å²) in [5.74, 6) is 0.161. The standard InChI is InChI=1S/C13H19N5O2/c1-20-8-7-18(6-2-5-14)13(19)12-10(15)11(16-17-12)9-3-4-9/h9H,2-4,6-8,15H2,1H3,(H,16,17). The number of carbonyl (C=O) groups excluding carboxylic acids is 1. The molecule has 0 spiro atoms. The zero-order chi connectivity index (χ0) is 14.5. The lowest BCUT2D eigenvalue weighted by molar-refractivity contribution is 0.0695. The first kappa shape index (κ1) is 14.3. The molecular formula is C13H19N5O2. The average Bonchev–Trinajstić information content (AvgIpc) is 3.21. The Bertz CT molecular complexity index is 515. The van der Waals surface area contributed by atoms with E-state index in [9.17, 15) is 4.79 Å². The SMILES string of the molecule is COCCN(CCC#N)C(=O)c1n[nH]c(C2CC2)c1N. The van der Waals surface area contributed by atoms with Gasteiger partial charge in [-0.2, -0.15) is 10.4 Å². The second kappa shape index (κ2) is 6.39. The summed E-state index contributed by atoms with van der Waals surface area (Å²) in [6.07, 6.45) is 2.44. The Kier molecular flexibility index (Phi) is 4.58. The summed E-state index contributed by atoms with van der Waals surface area (Å²) in [6, 6.07) is 2.03. The predicted octanol–water partition coefficient (Wildman–Crippen LogP) is 0.872. The molecule has 0 bridgehead atoms. The number of aromatic amines is 1. The van der Waals surface area contributed by atoms with Crippen molar-refractivity contribution in [3.63, 3.8) is 0 Å². The van der Waals surface area contributed by atoms with E-state index in [0.717, 1.165) is 18.5 Å². The van der Waals surface area contributed by atoms with Crippen LogP contribution in [0.2, 0.25) is 0 Å². The van der Waals surface area contributed by atoms with Crippen molar-refractivity contribution in [2.75, 3.05) is 32.5 Å². The van der Waals surface area contributed by atoms with Crippen molar-refractivity contribution in [1.82, 2.24) is 15.1 Å². The van der Waals surface area contributed by atoms with Crippen LogP contribution in [0.5, 0.6) is 0 Å². The van der Waals surface area contributed by atoms with Gasteiger partial charge in [0.05, 0.1) is 30.5 Å². The minimum Gasteiger partial charge on any atom is -0.395 e. The van der Waals surface area contributed by atoms with E-state index in [4.69, 9.17) is 15.7 Å². The number of nitrogens with two attached hydrogens (primary N) is 1. The minimum atomic E-state index is -0.252. The van der Waals surface area contributed by atoms with Crippen molar-refractivity contribution in [1.29, 1.82) is 5.26 Å². The van der Waals surface area contributed by atoms with Crippen molar-refractivity contribution >= 4 is 11.6 Å². The van der Waals surface area contributed by atoms with Gasteiger partial charge in [-0.15, -0.1) is 0 Å². The van der Waals surface area contributed by atoms with Gasteiger partial charge in [0.15, 0.2) is 5.69 Å². The van der Waals surface area contributed by atoms with Crippen LogP contribution in [0, 0.1) is 11.3 Å². The third kappa shape index (κ3) is 3.08. The Hall–Kier alpha value is -2.07. The van der Waals surface area contributed by atoms with Gasteiger partial charge >= 0.3 is 0 Å². The molecule has 0 saturated heterocycles. The number of hydrogen-bond acceptors (Lipinski definition) is 5. The van der Waals surface area contributed by atoms with Gasteiger partial charge in [0.2, 0.25) is 0 Å². The fourth-order valence-corrected chi connectivity index (χ4v) is 2.06. The first-order chi connectivity index (χ1) is 9.69. The zero-order valence-electron chi connectivity index (χ0n) is 11.6. The highest BCUT2D eigenvalue weighted by Crippen LogP contribution is 2.42. The van der Waals surface area contributed by atoms with Gasteiger partial charge in [-0.05, 0) is 12.8 Å². The summed E-state index contributed by atoms with van der Waals surface area (Å²) in [4.78, 5) is 14.0. The van der Waals surface area contributed by atoms with Crippen LogP contribution in [0.4, 0.5) is 5.69 Å². The number of hydrogen-bond donors (Lipinski definition) is 2. The van der Waals surface area contributed by atoms with E-state index in [1.165, 1.54) is 0 Å². The minimum absolute atomic E-state index is 0.251. The molecule has 0 aromatic carbocycles. The van der Waals surface area contributed by atoms with Crippen molar-refractivity contribution in [3.05, 3.63) is 11.4 Å². The van der Waals surface area contributed by atoms with Crippen molar-refractivity contribution in [2.24, 2.45) is 0 Å². The Morgan fingerprint density at radius 3 is 2.95 bits per heavy atom. The van der Waals surface area contributed by atoms with E-state index in [0.29, 0.717) is 31.3 Å². The van der Waals surface area contributed by atoms with Crippen LogP contribution in [0.3, 0.4) is 0 Å². The number of aromatic nitrogens is 2. The maximum Gasteiger partial charge on any atom is 0.276 e. The first-order valence-electron chi connectivity index (χ1n) is 6.68. The van der Waals surface area contributed by atoms with Crippen molar-refractivity contribution in [2.45, 2.75) is 25.2 Å². The summed E-state index contributed by atoms with van der Waals surface area (Å²) >= 11 is 0. The lowest BCUT2D eigenvalue weighted by atomic mass is 10.2. The molecule has 0 radical (unpaired) electrons. The normalized spacial score (nSPS) is 14.0. The van der Waals surface area contributed by atoms with Crippen LogP contribution in [-0.2, 0) is 4.74 Å². The molecule has 1 saturated carbocycles. The highest BCUT2D eigenvalue weighted by molar-refractivity contribution is 5.97. The summed E-state index contributed by atoms with van der Waals surface area (Å²) < 4.78 is 4.99. The van der Waals surface area contributed by atoms with Crippen LogP contribution >= 0.6 is 0 Å². The van der Waals surface area contributed by atoms with Crippen molar-refractivity contribution < 1.29 is 9.53 Å². The molecule has 7 nitrogen and oxygen atoms in total. The summed E-state index contributed by atoms with van der Waals surface area (Å²) in [5.41, 5.74) is 7.56. The van der Waals surface area contributed by atoms with Gasteiger partial charge in [-0.1, -0.05) is 0 Å². The van der Waals surface area contributed by atoms with E-state index in [1.807, 2.05) is 6.07 Å². The molecule has 0 unspecified atom stereocenters. The van der Waals surface area contributed by atoms with Crippen molar-refractivity contribution in [3.8, 4) is 6.07 Å². The summed E-state index contributed by atoms with van der Waals surface area (Å²) in [5, 5.41) is 15.6. The number of nitriles is 1. The van der Waals surface area contributed by atoms with Gasteiger partial charge < -0.3 is 15.4 Å². The lowest BCUT2D eigenvalue weighted by Gasteiger charge is -2.20. The largest absolute Gasteiger partial charge is 0.395 e. The summed E-state index contributed by atoms with van der Waals surface area (Å²) in [6.45, 7) is 1.18. The Morgan fingerprint density at radius 1 is 1.60 bits per heavy atom. The van der Waals surface area contributed by atoms with Crippen LogP contribution in [0.25, 0.3) is 0 Å².